The van der Waals surface area contributed by atoms with Gasteiger partial charge in [0.05, 0.1) is 6.07 Å². The number of hydrogen-bond acceptors (Lipinski definition) is 3. The molecule has 16 heavy (non-hydrogen) atoms. The first-order valence-corrected chi connectivity index (χ1v) is 7.50. The summed E-state index contributed by atoms with van der Waals surface area (Å²) < 4.78 is 10.9. The van der Waals surface area contributed by atoms with Crippen LogP contribution < -0.4 is 5.32 Å². The minimum Gasteiger partial charge on any atom is -0.314 e. The molecule has 0 spiro atoms. The fourth-order valence-electron chi connectivity index (χ4n) is 1.38. The van der Waals surface area contributed by atoms with Crippen molar-refractivity contribution in [1.82, 2.24) is 5.32 Å². The van der Waals surface area contributed by atoms with Crippen LogP contribution in [0.3, 0.4) is 0 Å². The zero-order valence-corrected chi connectivity index (χ0v) is 11.7. The highest BCUT2D eigenvalue weighted by Gasteiger charge is 2.18. The van der Waals surface area contributed by atoms with Gasteiger partial charge in [-0.05, 0) is 25.2 Å². The standard InChI is InChI=1S/C12H24N2OS/c1-11(6-9-16(4)15)14-10-12(2,3)7-5-8-13/h11,14H,5-7,9-10H2,1-4H3. The van der Waals surface area contributed by atoms with Crippen molar-refractivity contribution in [2.75, 3.05) is 18.6 Å². The van der Waals surface area contributed by atoms with E-state index in [1.165, 1.54) is 0 Å². The molecule has 0 bridgehead atoms. The zero-order valence-electron chi connectivity index (χ0n) is 10.9. The Kier molecular flexibility index (Phi) is 7.61. The topological polar surface area (TPSA) is 52.9 Å². The molecule has 0 rings (SSSR count). The second-order valence-corrected chi connectivity index (χ2v) is 6.72. The van der Waals surface area contributed by atoms with E-state index < -0.39 is 10.8 Å². The van der Waals surface area contributed by atoms with Crippen LogP contribution in [0.15, 0.2) is 0 Å². The second kappa shape index (κ2) is 7.81. The number of nitrogens with one attached hydrogen (secondary N) is 1. The van der Waals surface area contributed by atoms with Crippen molar-refractivity contribution >= 4 is 10.8 Å². The molecule has 4 heteroatoms. The lowest BCUT2D eigenvalue weighted by molar-refractivity contribution is 0.302. The molecule has 2 atom stereocenters. The summed E-state index contributed by atoms with van der Waals surface area (Å²) in [4.78, 5) is 0. The average molecular weight is 244 g/mol. The Morgan fingerprint density at radius 2 is 2.12 bits per heavy atom. The van der Waals surface area contributed by atoms with Crippen molar-refractivity contribution < 1.29 is 4.21 Å². The molecule has 0 amide bonds. The molecule has 0 radical (unpaired) electrons. The average Bonchev–Trinajstić information content (AvgIpc) is 2.21. The molecule has 3 nitrogen and oxygen atoms in total. The Morgan fingerprint density at radius 3 is 2.62 bits per heavy atom. The Morgan fingerprint density at radius 1 is 1.50 bits per heavy atom. The van der Waals surface area contributed by atoms with Gasteiger partial charge < -0.3 is 5.32 Å². The first-order valence-electron chi connectivity index (χ1n) is 5.78. The van der Waals surface area contributed by atoms with Crippen molar-refractivity contribution in [1.29, 1.82) is 5.26 Å². The summed E-state index contributed by atoms with van der Waals surface area (Å²) in [7, 11) is -0.699. The van der Waals surface area contributed by atoms with E-state index in [-0.39, 0.29) is 5.41 Å². The molecule has 94 valence electrons. The molecule has 0 heterocycles. The van der Waals surface area contributed by atoms with Gasteiger partial charge in [0.2, 0.25) is 0 Å². The molecule has 0 aliphatic carbocycles. The number of nitrogens with zero attached hydrogens (tertiary/aromatic N) is 1. The van der Waals surface area contributed by atoms with E-state index >= 15 is 0 Å². The van der Waals surface area contributed by atoms with Crippen LogP contribution in [-0.4, -0.2) is 28.8 Å². The lowest BCUT2D eigenvalue weighted by Crippen LogP contribution is -2.36. The smallest absolute Gasteiger partial charge is 0.0621 e. The molecule has 0 saturated carbocycles. The van der Waals surface area contributed by atoms with Gasteiger partial charge in [0.15, 0.2) is 0 Å². The van der Waals surface area contributed by atoms with E-state index in [1.807, 2.05) is 0 Å². The highest BCUT2D eigenvalue weighted by molar-refractivity contribution is 7.84. The Balaban J connectivity index is 3.77. The van der Waals surface area contributed by atoms with Gasteiger partial charge in [-0.25, -0.2) is 0 Å². The van der Waals surface area contributed by atoms with Gasteiger partial charge in [0, 0.05) is 41.8 Å². The molecule has 0 aromatic rings. The molecule has 0 aromatic heterocycles. The summed E-state index contributed by atoms with van der Waals surface area (Å²) in [6.45, 7) is 7.36. The molecular weight excluding hydrogens is 220 g/mol. The minimum atomic E-state index is -0.699. The van der Waals surface area contributed by atoms with Crippen LogP contribution in [0.1, 0.15) is 40.0 Å². The van der Waals surface area contributed by atoms with E-state index in [0.29, 0.717) is 12.5 Å². The summed E-state index contributed by atoms with van der Waals surface area (Å²) in [5.74, 6) is 0.757. The normalized spacial score (nSPS) is 15.4. The molecule has 0 aliphatic heterocycles. The summed E-state index contributed by atoms with van der Waals surface area (Å²) in [6.07, 6.45) is 4.21. The first kappa shape index (κ1) is 15.6. The molecule has 0 fully saturated rings. The van der Waals surface area contributed by atoms with Gasteiger partial charge in [-0.15, -0.1) is 0 Å². The van der Waals surface area contributed by atoms with Gasteiger partial charge in [0.1, 0.15) is 0 Å². The summed E-state index contributed by atoms with van der Waals surface area (Å²) >= 11 is 0. The van der Waals surface area contributed by atoms with Crippen molar-refractivity contribution in [3.63, 3.8) is 0 Å². The van der Waals surface area contributed by atoms with Crippen LogP contribution in [0.4, 0.5) is 0 Å². The summed E-state index contributed by atoms with van der Waals surface area (Å²) in [6, 6.07) is 2.58. The Bertz CT molecular complexity index is 258. The number of hydrogen-bond donors (Lipinski definition) is 1. The van der Waals surface area contributed by atoms with Gasteiger partial charge in [-0.3, -0.25) is 4.21 Å². The van der Waals surface area contributed by atoms with E-state index in [9.17, 15) is 4.21 Å². The highest BCUT2D eigenvalue weighted by Crippen LogP contribution is 2.20. The van der Waals surface area contributed by atoms with Crippen LogP contribution in [0.25, 0.3) is 0 Å². The van der Waals surface area contributed by atoms with Crippen molar-refractivity contribution in [2.45, 2.75) is 46.1 Å². The third-order valence-electron chi connectivity index (χ3n) is 2.68. The van der Waals surface area contributed by atoms with Crippen LogP contribution >= 0.6 is 0 Å². The molecule has 1 N–H and O–H groups in total. The van der Waals surface area contributed by atoms with Crippen molar-refractivity contribution in [3.8, 4) is 6.07 Å². The van der Waals surface area contributed by atoms with Gasteiger partial charge >= 0.3 is 0 Å². The second-order valence-electron chi connectivity index (χ2n) is 5.17. The number of nitriles is 1. The third-order valence-corrected chi connectivity index (χ3v) is 3.49. The van der Waals surface area contributed by atoms with Crippen LogP contribution in [0, 0.1) is 16.7 Å². The van der Waals surface area contributed by atoms with Gasteiger partial charge in [-0.2, -0.15) is 5.26 Å². The fraction of sp³-hybridized carbons (Fsp3) is 0.917. The predicted octanol–water partition coefficient (Wildman–Crippen LogP) is 2.06. The molecular formula is C12H24N2OS. The fourth-order valence-corrected chi connectivity index (χ4v) is 2.06. The van der Waals surface area contributed by atoms with Gasteiger partial charge in [0.25, 0.3) is 0 Å². The lowest BCUT2D eigenvalue weighted by atomic mass is 9.88. The van der Waals surface area contributed by atoms with E-state index in [4.69, 9.17) is 5.26 Å². The van der Waals surface area contributed by atoms with E-state index in [0.717, 1.165) is 25.1 Å². The Hall–Kier alpha value is -0.400. The lowest BCUT2D eigenvalue weighted by Gasteiger charge is -2.26. The maximum absolute atomic E-state index is 10.9. The van der Waals surface area contributed by atoms with Crippen molar-refractivity contribution in [2.24, 2.45) is 5.41 Å². The largest absolute Gasteiger partial charge is 0.314 e. The van der Waals surface area contributed by atoms with E-state index in [1.54, 1.807) is 6.26 Å². The quantitative estimate of drug-likeness (QED) is 0.711. The summed E-state index contributed by atoms with van der Waals surface area (Å²) in [5.41, 5.74) is 0.162. The highest BCUT2D eigenvalue weighted by atomic mass is 32.2. The third kappa shape index (κ3) is 8.87. The molecule has 0 saturated heterocycles. The Labute approximate surface area is 102 Å². The number of rotatable bonds is 8. The monoisotopic (exact) mass is 244 g/mol. The van der Waals surface area contributed by atoms with Gasteiger partial charge in [-0.1, -0.05) is 13.8 Å². The first-order chi connectivity index (χ1) is 7.37. The minimum absolute atomic E-state index is 0.162. The maximum Gasteiger partial charge on any atom is 0.0621 e. The van der Waals surface area contributed by atoms with Crippen molar-refractivity contribution in [3.05, 3.63) is 0 Å². The summed E-state index contributed by atoms with van der Waals surface area (Å²) in [5, 5.41) is 12.0. The van der Waals surface area contributed by atoms with Crippen LogP contribution in [-0.2, 0) is 10.8 Å². The molecule has 2 unspecified atom stereocenters. The zero-order chi connectivity index (χ0) is 12.6. The predicted molar refractivity (Wildman–Crippen MR) is 69.6 cm³/mol. The van der Waals surface area contributed by atoms with Crippen LogP contribution in [0.2, 0.25) is 0 Å². The molecule has 0 aromatic carbocycles. The molecule has 0 aliphatic rings. The van der Waals surface area contributed by atoms with Crippen LogP contribution in [0.5, 0.6) is 0 Å². The maximum atomic E-state index is 10.9. The van der Waals surface area contributed by atoms with E-state index in [2.05, 4.69) is 32.2 Å². The SMILES string of the molecule is CC(CCS(C)=O)NCC(C)(C)CCC#N.